The molecule has 0 fully saturated rings. The maximum Gasteiger partial charge on any atom is 0.127 e. The Labute approximate surface area is 283 Å². The van der Waals surface area contributed by atoms with E-state index in [1.807, 2.05) is 0 Å². The lowest BCUT2D eigenvalue weighted by molar-refractivity contribution is 0.149. The number of hydrogen-bond donors (Lipinski definition) is 0. The Morgan fingerprint density at radius 1 is 0.356 bits per heavy atom. The molecule has 0 aliphatic carbocycles. The molecule has 0 saturated heterocycles. The van der Waals surface area contributed by atoms with Crippen LogP contribution in [0, 0.1) is 0 Å². The van der Waals surface area contributed by atoms with Crippen LogP contribution in [-0.4, -0.2) is 22.9 Å². The van der Waals surface area contributed by atoms with Gasteiger partial charge in [0.25, 0.3) is 0 Å². The second-order valence-corrected chi connectivity index (χ2v) is 14.5. The first-order valence-electron chi connectivity index (χ1n) is 20.6. The molecule has 2 nitrogen and oxygen atoms in total. The van der Waals surface area contributed by atoms with Gasteiger partial charge in [-0.15, -0.1) is 0 Å². The standard InChI is InChI=1S/C43H78N2/c1-3-5-7-9-11-13-15-17-19-21-23-25-27-29-34-38-44-40-41-45(43(44)42-36-32-31-33-37-42)39-35-30-28-26-24-22-20-18-16-14-12-10-8-6-4-2/h31-33,36-37,40-41,43H,3-30,34-35,38-39H2,1-2H3. The van der Waals surface area contributed by atoms with Gasteiger partial charge in [-0.1, -0.05) is 224 Å². The largest absolute Gasteiger partial charge is 0.352 e. The summed E-state index contributed by atoms with van der Waals surface area (Å²) in [5, 5.41) is 0. The summed E-state index contributed by atoms with van der Waals surface area (Å²) in [5.74, 6) is 0. The molecule has 2 rings (SSSR count). The summed E-state index contributed by atoms with van der Waals surface area (Å²) in [6.07, 6.45) is 48.1. The summed E-state index contributed by atoms with van der Waals surface area (Å²) in [4.78, 5) is 5.23. The Bertz CT molecular complexity index is 714. The van der Waals surface area contributed by atoms with Gasteiger partial charge < -0.3 is 9.80 Å². The maximum atomic E-state index is 2.61. The molecule has 0 N–H and O–H groups in total. The molecule has 0 amide bonds. The molecule has 1 aromatic rings. The van der Waals surface area contributed by atoms with Crippen molar-refractivity contribution in [2.24, 2.45) is 0 Å². The van der Waals surface area contributed by atoms with Crippen molar-refractivity contribution in [3.05, 3.63) is 48.3 Å². The predicted octanol–water partition coefficient (Wildman–Crippen LogP) is 14.5. The molecule has 0 saturated carbocycles. The van der Waals surface area contributed by atoms with Gasteiger partial charge in [-0.05, 0) is 18.4 Å². The van der Waals surface area contributed by atoms with Gasteiger partial charge in [-0.25, -0.2) is 0 Å². The van der Waals surface area contributed by atoms with Crippen LogP contribution in [0.3, 0.4) is 0 Å². The van der Waals surface area contributed by atoms with E-state index < -0.39 is 0 Å². The van der Waals surface area contributed by atoms with Crippen LogP contribution in [0.15, 0.2) is 42.7 Å². The van der Waals surface area contributed by atoms with Crippen LogP contribution < -0.4 is 0 Å². The highest BCUT2D eigenvalue weighted by molar-refractivity contribution is 5.21. The summed E-state index contributed by atoms with van der Waals surface area (Å²) in [6, 6.07) is 11.2. The first-order valence-corrected chi connectivity index (χ1v) is 20.6. The summed E-state index contributed by atoms with van der Waals surface area (Å²) in [6.45, 7) is 6.98. The van der Waals surface area contributed by atoms with Crippen molar-refractivity contribution in [1.29, 1.82) is 0 Å². The maximum absolute atomic E-state index is 2.61. The molecule has 2 heteroatoms. The second kappa shape index (κ2) is 29.9. The third-order valence-corrected chi connectivity index (χ3v) is 10.2. The number of hydrogen-bond acceptors (Lipinski definition) is 2. The minimum atomic E-state index is 0.393. The molecule has 0 aromatic heterocycles. The Morgan fingerprint density at radius 2 is 0.622 bits per heavy atom. The third-order valence-electron chi connectivity index (χ3n) is 10.2. The van der Waals surface area contributed by atoms with Gasteiger partial charge in [0.1, 0.15) is 6.17 Å². The minimum absolute atomic E-state index is 0.393. The molecular formula is C43H78N2. The van der Waals surface area contributed by atoms with E-state index in [1.165, 1.54) is 211 Å². The molecule has 0 unspecified atom stereocenters. The van der Waals surface area contributed by atoms with Crippen molar-refractivity contribution in [3.63, 3.8) is 0 Å². The van der Waals surface area contributed by atoms with Crippen molar-refractivity contribution in [3.8, 4) is 0 Å². The zero-order valence-corrected chi connectivity index (χ0v) is 30.6. The SMILES string of the molecule is CCCCCCCCCCCCCCCCCN1C=CN(CCCCCCCCCCCCCCCCC)C1c1ccccc1. The molecule has 0 spiro atoms. The van der Waals surface area contributed by atoms with Gasteiger partial charge in [0, 0.05) is 25.5 Å². The van der Waals surface area contributed by atoms with Crippen molar-refractivity contribution < 1.29 is 0 Å². The van der Waals surface area contributed by atoms with Crippen LogP contribution in [0.1, 0.15) is 218 Å². The first-order chi connectivity index (χ1) is 22.4. The van der Waals surface area contributed by atoms with Crippen LogP contribution >= 0.6 is 0 Å². The number of benzene rings is 1. The van der Waals surface area contributed by atoms with E-state index in [4.69, 9.17) is 0 Å². The van der Waals surface area contributed by atoms with E-state index >= 15 is 0 Å². The lowest BCUT2D eigenvalue weighted by Crippen LogP contribution is -2.32. The lowest BCUT2D eigenvalue weighted by atomic mass is 10.0. The highest BCUT2D eigenvalue weighted by Gasteiger charge is 2.26. The third kappa shape index (κ3) is 21.1. The van der Waals surface area contributed by atoms with Gasteiger partial charge in [0.05, 0.1) is 0 Å². The van der Waals surface area contributed by atoms with E-state index in [0.717, 1.165) is 0 Å². The predicted molar refractivity (Wildman–Crippen MR) is 202 cm³/mol. The Hall–Kier alpha value is -1.44. The van der Waals surface area contributed by atoms with Crippen LogP contribution in [-0.2, 0) is 0 Å². The van der Waals surface area contributed by atoms with Crippen molar-refractivity contribution in [2.75, 3.05) is 13.1 Å². The summed E-state index contributed by atoms with van der Waals surface area (Å²) in [7, 11) is 0. The molecule has 1 aliphatic rings. The normalized spacial score (nSPS) is 13.5. The zero-order valence-electron chi connectivity index (χ0n) is 30.6. The van der Waals surface area contributed by atoms with Crippen LogP contribution in [0.2, 0.25) is 0 Å². The average Bonchev–Trinajstić information content (AvgIpc) is 3.47. The van der Waals surface area contributed by atoms with Gasteiger partial charge >= 0.3 is 0 Å². The van der Waals surface area contributed by atoms with E-state index in [1.54, 1.807) is 0 Å². The molecule has 0 atom stereocenters. The fourth-order valence-corrected chi connectivity index (χ4v) is 7.26. The molecule has 0 radical (unpaired) electrons. The quantitative estimate of drug-likeness (QED) is 0.0720. The number of rotatable bonds is 33. The van der Waals surface area contributed by atoms with E-state index in [-0.39, 0.29) is 0 Å². The minimum Gasteiger partial charge on any atom is -0.352 e. The van der Waals surface area contributed by atoms with Gasteiger partial charge in [-0.3, -0.25) is 0 Å². The van der Waals surface area contributed by atoms with Gasteiger partial charge in [0.15, 0.2) is 0 Å². The molecule has 260 valence electrons. The smallest absolute Gasteiger partial charge is 0.127 e. The van der Waals surface area contributed by atoms with Crippen LogP contribution in [0.5, 0.6) is 0 Å². The molecule has 1 heterocycles. The molecule has 45 heavy (non-hydrogen) atoms. The fraction of sp³-hybridized carbons (Fsp3) is 0.814. The van der Waals surface area contributed by atoms with Gasteiger partial charge in [0.2, 0.25) is 0 Å². The average molecular weight is 623 g/mol. The van der Waals surface area contributed by atoms with E-state index in [9.17, 15) is 0 Å². The summed E-state index contributed by atoms with van der Waals surface area (Å²) >= 11 is 0. The van der Waals surface area contributed by atoms with Crippen LogP contribution in [0.25, 0.3) is 0 Å². The van der Waals surface area contributed by atoms with E-state index in [2.05, 4.69) is 66.4 Å². The van der Waals surface area contributed by atoms with E-state index in [0.29, 0.717) is 6.17 Å². The fourth-order valence-electron chi connectivity index (χ4n) is 7.26. The van der Waals surface area contributed by atoms with Gasteiger partial charge in [-0.2, -0.15) is 0 Å². The molecule has 0 bridgehead atoms. The van der Waals surface area contributed by atoms with Crippen LogP contribution in [0.4, 0.5) is 0 Å². The highest BCUT2D eigenvalue weighted by Crippen LogP contribution is 2.31. The summed E-state index contributed by atoms with van der Waals surface area (Å²) in [5.41, 5.74) is 1.45. The Morgan fingerprint density at radius 3 is 0.911 bits per heavy atom. The first kappa shape index (κ1) is 39.7. The second-order valence-electron chi connectivity index (χ2n) is 14.5. The topological polar surface area (TPSA) is 6.48 Å². The number of unbranched alkanes of at least 4 members (excludes halogenated alkanes) is 28. The zero-order chi connectivity index (χ0) is 31.9. The molecule has 1 aliphatic heterocycles. The lowest BCUT2D eigenvalue weighted by Gasteiger charge is -2.33. The van der Waals surface area contributed by atoms with Crippen molar-refractivity contribution >= 4 is 0 Å². The molecular weight excluding hydrogens is 544 g/mol. The van der Waals surface area contributed by atoms with Crippen molar-refractivity contribution in [2.45, 2.75) is 213 Å². The monoisotopic (exact) mass is 623 g/mol. The number of nitrogens with zero attached hydrogens (tertiary/aromatic N) is 2. The Kier molecular flexibility index (Phi) is 26.4. The molecule has 1 aromatic carbocycles. The summed E-state index contributed by atoms with van der Waals surface area (Å²) < 4.78 is 0. The highest BCUT2D eigenvalue weighted by atomic mass is 15.4. The van der Waals surface area contributed by atoms with Crippen molar-refractivity contribution in [1.82, 2.24) is 9.80 Å². The Balaban J connectivity index is 1.48.